The van der Waals surface area contributed by atoms with E-state index in [9.17, 15) is 0 Å². The number of fused-ring (bicyclic) bond motifs is 3. The Morgan fingerprint density at radius 1 is 0.720 bits per heavy atom. The maximum atomic E-state index is 2.67. The summed E-state index contributed by atoms with van der Waals surface area (Å²) in [6.45, 7) is 9.38. The Labute approximate surface area is 169 Å². The van der Waals surface area contributed by atoms with Gasteiger partial charge in [-0.25, -0.2) is 0 Å². The number of rotatable bonds is 10. The predicted molar refractivity (Wildman–Crippen MR) is 124 cm³/mol. The Kier molecular flexibility index (Phi) is 7.32. The van der Waals surface area contributed by atoms with E-state index in [0.717, 1.165) is 0 Å². The van der Waals surface area contributed by atoms with E-state index in [4.69, 9.17) is 0 Å². The van der Waals surface area contributed by atoms with Gasteiger partial charge < -0.3 is 0 Å². The van der Waals surface area contributed by atoms with Gasteiger partial charge in [0.25, 0.3) is 0 Å². The van der Waals surface area contributed by atoms with Crippen molar-refractivity contribution >= 4 is 74.1 Å². The Balaban J connectivity index is 2.03. The molecule has 0 aliphatic heterocycles. The Hall–Kier alpha value is 0.419. The molecule has 0 aliphatic carbocycles. The molecule has 0 aliphatic rings. The molecule has 0 saturated heterocycles. The Morgan fingerprint density at radius 2 is 1.24 bits per heavy atom. The van der Waals surface area contributed by atoms with Crippen LogP contribution in [0.1, 0.15) is 64.2 Å². The van der Waals surface area contributed by atoms with Gasteiger partial charge in [-0.05, 0) is 0 Å². The van der Waals surface area contributed by atoms with Crippen molar-refractivity contribution in [3.05, 3.63) is 17.0 Å². The fourth-order valence-corrected chi connectivity index (χ4v) is 27.3. The third-order valence-corrected chi connectivity index (χ3v) is 27.4. The van der Waals surface area contributed by atoms with Crippen LogP contribution >= 0.6 is 34.0 Å². The molecule has 0 radical (unpaired) electrons. The van der Waals surface area contributed by atoms with E-state index in [-0.39, 0.29) is 0 Å². The van der Waals surface area contributed by atoms with Crippen LogP contribution in [0.4, 0.5) is 0 Å². The van der Waals surface area contributed by atoms with Crippen LogP contribution in [0.2, 0.25) is 13.3 Å². The van der Waals surface area contributed by atoms with Crippen LogP contribution in [0, 0.1) is 6.92 Å². The summed E-state index contributed by atoms with van der Waals surface area (Å²) in [5.74, 6) is 0. The second-order valence-corrected chi connectivity index (χ2v) is 25.1. The Morgan fingerprint density at radius 3 is 1.80 bits per heavy atom. The summed E-state index contributed by atoms with van der Waals surface area (Å²) in [6.07, 6.45) is 8.48. The molecule has 0 atom stereocenters. The first-order chi connectivity index (χ1) is 12.1. The van der Waals surface area contributed by atoms with Gasteiger partial charge in [-0.15, -0.1) is 0 Å². The van der Waals surface area contributed by atoms with Crippen LogP contribution < -0.4 is 2.89 Å². The molecule has 0 unspecified atom stereocenters. The quantitative estimate of drug-likeness (QED) is 0.245. The van der Waals surface area contributed by atoms with Gasteiger partial charge in [-0.3, -0.25) is 0 Å². The molecule has 4 heteroatoms. The number of thiophene rings is 3. The van der Waals surface area contributed by atoms with Crippen molar-refractivity contribution in [3.63, 3.8) is 0 Å². The van der Waals surface area contributed by atoms with Crippen molar-refractivity contribution in [2.45, 2.75) is 79.5 Å². The predicted octanol–water partition coefficient (Wildman–Crippen LogP) is 8.54. The van der Waals surface area contributed by atoms with Gasteiger partial charge in [0.15, 0.2) is 0 Å². The molecule has 0 spiro atoms. The van der Waals surface area contributed by atoms with Crippen molar-refractivity contribution in [1.29, 1.82) is 0 Å². The monoisotopic (exact) mass is 500 g/mol. The molecule has 3 aromatic heterocycles. The van der Waals surface area contributed by atoms with Crippen molar-refractivity contribution in [1.82, 2.24) is 0 Å². The van der Waals surface area contributed by atoms with E-state index in [0.29, 0.717) is 0 Å². The van der Waals surface area contributed by atoms with E-state index >= 15 is 0 Å². The van der Waals surface area contributed by atoms with Crippen molar-refractivity contribution < 1.29 is 0 Å². The second kappa shape index (κ2) is 9.07. The zero-order valence-electron chi connectivity index (χ0n) is 16.2. The summed E-state index contributed by atoms with van der Waals surface area (Å²) < 4.78 is 13.0. The van der Waals surface area contributed by atoms with Gasteiger partial charge in [0, 0.05) is 0 Å². The van der Waals surface area contributed by atoms with Crippen molar-refractivity contribution in [2.24, 2.45) is 0 Å². The molecule has 138 valence electrons. The van der Waals surface area contributed by atoms with Gasteiger partial charge in [0.1, 0.15) is 0 Å². The fourth-order valence-electron chi connectivity index (χ4n) is 4.00. The first-order valence-electron chi connectivity index (χ1n) is 10.1. The minimum absolute atomic E-state index is 1.37. The number of unbranched alkanes of at least 4 members (excludes halogenated alkanes) is 3. The number of aryl methyl sites for hydroxylation is 1. The van der Waals surface area contributed by atoms with E-state index < -0.39 is 18.4 Å². The van der Waals surface area contributed by atoms with Crippen LogP contribution in [0.5, 0.6) is 0 Å². The van der Waals surface area contributed by atoms with E-state index in [1.54, 1.807) is 27.4 Å². The maximum absolute atomic E-state index is 2.67. The summed E-state index contributed by atoms with van der Waals surface area (Å²) in [7, 11) is 0. The van der Waals surface area contributed by atoms with Gasteiger partial charge >= 0.3 is 171 Å². The molecule has 25 heavy (non-hydrogen) atoms. The zero-order valence-corrected chi connectivity index (χ0v) is 21.5. The summed E-state index contributed by atoms with van der Waals surface area (Å²) in [5.41, 5.74) is 0. The van der Waals surface area contributed by atoms with Gasteiger partial charge in [0.05, 0.1) is 0 Å². The molecule has 3 rings (SSSR count). The summed E-state index contributed by atoms with van der Waals surface area (Å²) in [6, 6.07) is 5.06. The van der Waals surface area contributed by atoms with Crippen molar-refractivity contribution in [3.8, 4) is 0 Å². The number of hydrogen-bond acceptors (Lipinski definition) is 3. The molecule has 0 aromatic carbocycles. The second-order valence-electron chi connectivity index (χ2n) is 7.55. The molecular formula is C21H32S3Sn. The molecular weight excluding hydrogens is 467 g/mol. The first kappa shape index (κ1) is 20.2. The Bertz CT molecular complexity index is 786. The summed E-state index contributed by atoms with van der Waals surface area (Å²) in [4.78, 5) is 1.47. The minimum atomic E-state index is -2.24. The summed E-state index contributed by atoms with van der Waals surface area (Å²) >= 11 is 4.04. The third-order valence-electron chi connectivity index (χ3n) is 5.49. The third kappa shape index (κ3) is 4.30. The standard InChI is InChI=1S/C9H5S3.3C4H9.Sn/c1-5-4-7-9(11-5)8-6(12-7)2-3-10-8;3*1-3-4-2;/h2,4H,1H3;3*1,3-4H2,2H3;. The van der Waals surface area contributed by atoms with Gasteiger partial charge in [-0.1, -0.05) is 0 Å². The SMILES string of the molecule is CCC[CH2][Sn]([CH2]CCC)([CH2]CCC)[c]1cc2sc3cc(C)sc3c2s1. The molecule has 0 nitrogen and oxygen atoms in total. The molecule has 0 amide bonds. The van der Waals surface area contributed by atoms with Crippen LogP contribution in [0.15, 0.2) is 12.1 Å². The van der Waals surface area contributed by atoms with Crippen LogP contribution in [0.3, 0.4) is 0 Å². The van der Waals surface area contributed by atoms with E-state index in [1.165, 1.54) is 48.1 Å². The average Bonchev–Trinajstić information content (AvgIpc) is 3.25. The van der Waals surface area contributed by atoms with E-state index in [1.807, 2.05) is 25.6 Å². The topological polar surface area (TPSA) is 0 Å². The van der Waals surface area contributed by atoms with Crippen LogP contribution in [0.25, 0.3) is 18.8 Å². The molecule has 0 fully saturated rings. The van der Waals surface area contributed by atoms with Crippen LogP contribution in [-0.2, 0) is 0 Å². The van der Waals surface area contributed by atoms with Crippen LogP contribution in [-0.4, -0.2) is 18.4 Å². The molecule has 3 aromatic rings. The molecule has 0 bridgehead atoms. The van der Waals surface area contributed by atoms with Gasteiger partial charge in [-0.2, -0.15) is 0 Å². The first-order valence-corrected chi connectivity index (χ1v) is 20.0. The van der Waals surface area contributed by atoms with Crippen molar-refractivity contribution in [2.75, 3.05) is 0 Å². The summed E-state index contributed by atoms with van der Waals surface area (Å²) in [5, 5.41) is 0. The average molecular weight is 499 g/mol. The van der Waals surface area contributed by atoms with Gasteiger partial charge in [0.2, 0.25) is 0 Å². The zero-order chi connectivity index (χ0) is 17.9. The molecule has 0 N–H and O–H groups in total. The fraction of sp³-hybridized carbons (Fsp3) is 0.619. The molecule has 0 saturated carbocycles. The molecule has 3 heterocycles. The number of hydrogen-bond donors (Lipinski definition) is 0. The normalized spacial score (nSPS) is 12.6. The van der Waals surface area contributed by atoms with E-state index in [2.05, 4.69) is 51.2 Å².